The molecule has 88 valence electrons. The fourth-order valence-electron chi connectivity index (χ4n) is 2.44. The molecule has 1 aliphatic rings. The first-order chi connectivity index (χ1) is 7.54. The molecule has 2 nitrogen and oxygen atoms in total. The highest BCUT2D eigenvalue weighted by molar-refractivity contribution is 9.10. The minimum absolute atomic E-state index is 0.170. The maximum absolute atomic E-state index is 9.77. The van der Waals surface area contributed by atoms with Crippen LogP contribution in [0.25, 0.3) is 0 Å². The third-order valence-corrected chi connectivity index (χ3v) is 4.64. The average molecular weight is 284 g/mol. The van der Waals surface area contributed by atoms with Gasteiger partial charge in [0.15, 0.2) is 0 Å². The van der Waals surface area contributed by atoms with E-state index in [0.29, 0.717) is 11.7 Å². The summed E-state index contributed by atoms with van der Waals surface area (Å²) in [4.78, 5) is 0. The van der Waals surface area contributed by atoms with Crippen molar-refractivity contribution >= 4 is 15.9 Å². The Balaban J connectivity index is 2.37. The predicted molar refractivity (Wildman–Crippen MR) is 69.8 cm³/mol. The van der Waals surface area contributed by atoms with Gasteiger partial charge in [0.2, 0.25) is 0 Å². The summed E-state index contributed by atoms with van der Waals surface area (Å²) in [6.07, 6.45) is 1.12. The summed E-state index contributed by atoms with van der Waals surface area (Å²) in [5, 5.41) is 13.2. The van der Waals surface area contributed by atoms with E-state index in [1.165, 1.54) is 5.56 Å². The second-order valence-electron chi connectivity index (χ2n) is 4.94. The standard InChI is InChI=1S/C13H18BrNO/c1-9-8-15-6-5-13(9,2)10-3-4-11(14)12(16)7-10/h3-4,7,9,15-16H,5-6,8H2,1-2H3/t9-,13+/m0/s1. The molecule has 1 aromatic carbocycles. The van der Waals surface area contributed by atoms with Gasteiger partial charge in [-0.05, 0) is 64.5 Å². The van der Waals surface area contributed by atoms with Crippen LogP contribution in [0.1, 0.15) is 25.8 Å². The predicted octanol–water partition coefficient (Wildman–Crippen LogP) is 3.04. The first-order valence-electron chi connectivity index (χ1n) is 5.74. The summed E-state index contributed by atoms with van der Waals surface area (Å²) >= 11 is 3.32. The number of aromatic hydroxyl groups is 1. The van der Waals surface area contributed by atoms with Crippen molar-refractivity contribution in [3.8, 4) is 5.75 Å². The lowest BCUT2D eigenvalue weighted by atomic mass is 9.68. The molecule has 0 aromatic heterocycles. The molecule has 1 fully saturated rings. The van der Waals surface area contributed by atoms with E-state index < -0.39 is 0 Å². The summed E-state index contributed by atoms with van der Waals surface area (Å²) in [5.74, 6) is 0.922. The number of hydrogen-bond donors (Lipinski definition) is 2. The molecule has 1 aromatic rings. The molecule has 2 N–H and O–H groups in total. The van der Waals surface area contributed by atoms with Gasteiger partial charge >= 0.3 is 0 Å². The number of nitrogens with one attached hydrogen (secondary N) is 1. The van der Waals surface area contributed by atoms with Crippen LogP contribution < -0.4 is 5.32 Å². The summed E-state index contributed by atoms with van der Waals surface area (Å²) in [7, 11) is 0. The maximum atomic E-state index is 9.77. The number of phenols is 1. The van der Waals surface area contributed by atoms with Crippen molar-refractivity contribution in [2.24, 2.45) is 5.92 Å². The molecule has 0 aliphatic carbocycles. The number of benzene rings is 1. The van der Waals surface area contributed by atoms with E-state index in [1.54, 1.807) is 0 Å². The van der Waals surface area contributed by atoms with Crippen molar-refractivity contribution in [1.82, 2.24) is 5.32 Å². The van der Waals surface area contributed by atoms with E-state index in [-0.39, 0.29) is 5.41 Å². The third kappa shape index (κ3) is 1.98. The summed E-state index contributed by atoms with van der Waals surface area (Å²) in [6, 6.07) is 5.95. The number of rotatable bonds is 1. The minimum Gasteiger partial charge on any atom is -0.507 e. The molecule has 2 rings (SSSR count). The smallest absolute Gasteiger partial charge is 0.130 e. The zero-order valence-corrected chi connectivity index (χ0v) is 11.3. The lowest BCUT2D eigenvalue weighted by molar-refractivity contribution is 0.237. The van der Waals surface area contributed by atoms with E-state index in [1.807, 2.05) is 12.1 Å². The molecular weight excluding hydrogens is 266 g/mol. The maximum Gasteiger partial charge on any atom is 0.130 e. The second-order valence-corrected chi connectivity index (χ2v) is 5.79. The van der Waals surface area contributed by atoms with Crippen LogP contribution in [0, 0.1) is 5.92 Å². The van der Waals surface area contributed by atoms with Gasteiger partial charge in [0, 0.05) is 0 Å². The minimum atomic E-state index is 0.170. The summed E-state index contributed by atoms with van der Waals surface area (Å²) in [5.41, 5.74) is 1.41. The van der Waals surface area contributed by atoms with Crippen LogP contribution in [0.2, 0.25) is 0 Å². The molecule has 0 saturated carbocycles. The molecule has 0 spiro atoms. The molecule has 2 atom stereocenters. The van der Waals surface area contributed by atoms with Crippen molar-refractivity contribution in [3.63, 3.8) is 0 Å². The largest absolute Gasteiger partial charge is 0.507 e. The van der Waals surface area contributed by atoms with Crippen molar-refractivity contribution < 1.29 is 5.11 Å². The Labute approximate surface area is 105 Å². The number of piperidine rings is 1. The fraction of sp³-hybridized carbons (Fsp3) is 0.538. The van der Waals surface area contributed by atoms with Crippen LogP contribution in [0.3, 0.4) is 0 Å². The molecule has 1 heterocycles. The van der Waals surface area contributed by atoms with E-state index >= 15 is 0 Å². The number of halogens is 1. The SMILES string of the molecule is C[C@H]1CNCC[C@@]1(C)c1ccc(Br)c(O)c1. The van der Waals surface area contributed by atoms with Crippen molar-refractivity contribution in [3.05, 3.63) is 28.2 Å². The van der Waals surface area contributed by atoms with Crippen LogP contribution in [0.5, 0.6) is 5.75 Å². The van der Waals surface area contributed by atoms with E-state index in [2.05, 4.69) is 41.2 Å². The van der Waals surface area contributed by atoms with Gasteiger partial charge in [0.1, 0.15) is 5.75 Å². The number of phenolic OH excluding ortho intramolecular Hbond substituents is 1. The molecule has 16 heavy (non-hydrogen) atoms. The highest BCUT2D eigenvalue weighted by atomic mass is 79.9. The second kappa shape index (κ2) is 4.38. The van der Waals surface area contributed by atoms with E-state index in [9.17, 15) is 5.11 Å². The quantitative estimate of drug-likeness (QED) is 0.830. The average Bonchev–Trinajstić information content (AvgIpc) is 2.26. The van der Waals surface area contributed by atoms with Gasteiger partial charge in [-0.25, -0.2) is 0 Å². The fourth-order valence-corrected chi connectivity index (χ4v) is 2.68. The number of hydrogen-bond acceptors (Lipinski definition) is 2. The first kappa shape index (κ1) is 11.9. The first-order valence-corrected chi connectivity index (χ1v) is 6.53. The van der Waals surface area contributed by atoms with Crippen LogP contribution >= 0.6 is 15.9 Å². The van der Waals surface area contributed by atoms with Crippen molar-refractivity contribution in [2.45, 2.75) is 25.7 Å². The van der Waals surface area contributed by atoms with E-state index in [0.717, 1.165) is 24.0 Å². The topological polar surface area (TPSA) is 32.3 Å². The Morgan fingerprint density at radius 3 is 2.88 bits per heavy atom. The highest BCUT2D eigenvalue weighted by Gasteiger charge is 2.35. The van der Waals surface area contributed by atoms with Gasteiger partial charge in [-0.1, -0.05) is 19.9 Å². The summed E-state index contributed by atoms with van der Waals surface area (Å²) < 4.78 is 0.765. The molecule has 1 aliphatic heterocycles. The van der Waals surface area contributed by atoms with Gasteiger partial charge in [-0.2, -0.15) is 0 Å². The molecule has 0 unspecified atom stereocenters. The van der Waals surface area contributed by atoms with Crippen LogP contribution in [0.4, 0.5) is 0 Å². The molecule has 1 saturated heterocycles. The highest BCUT2D eigenvalue weighted by Crippen LogP contribution is 2.39. The Hall–Kier alpha value is -0.540. The van der Waals surface area contributed by atoms with Gasteiger partial charge in [0.05, 0.1) is 4.47 Å². The lowest BCUT2D eigenvalue weighted by Crippen LogP contribution is -2.44. The van der Waals surface area contributed by atoms with Gasteiger partial charge < -0.3 is 10.4 Å². The van der Waals surface area contributed by atoms with Crippen molar-refractivity contribution in [1.29, 1.82) is 0 Å². The monoisotopic (exact) mass is 283 g/mol. The Morgan fingerprint density at radius 2 is 2.25 bits per heavy atom. The lowest BCUT2D eigenvalue weighted by Gasteiger charge is -2.40. The Bertz CT molecular complexity index is 394. The van der Waals surface area contributed by atoms with Crippen LogP contribution in [-0.2, 0) is 5.41 Å². The Morgan fingerprint density at radius 1 is 1.50 bits per heavy atom. The van der Waals surface area contributed by atoms with E-state index in [4.69, 9.17) is 0 Å². The van der Waals surface area contributed by atoms with Crippen LogP contribution in [-0.4, -0.2) is 18.2 Å². The van der Waals surface area contributed by atoms with Gasteiger partial charge in [-0.15, -0.1) is 0 Å². The molecular formula is C13H18BrNO. The van der Waals surface area contributed by atoms with Gasteiger partial charge in [-0.3, -0.25) is 0 Å². The molecule has 0 bridgehead atoms. The zero-order valence-electron chi connectivity index (χ0n) is 9.76. The Kier molecular flexibility index (Phi) is 3.27. The van der Waals surface area contributed by atoms with Crippen LogP contribution in [0.15, 0.2) is 22.7 Å². The normalized spacial score (nSPS) is 30.3. The zero-order chi connectivity index (χ0) is 11.8. The molecule has 3 heteroatoms. The summed E-state index contributed by atoms with van der Waals surface area (Å²) in [6.45, 7) is 6.66. The molecule has 0 amide bonds. The third-order valence-electron chi connectivity index (χ3n) is 3.96. The molecule has 0 radical (unpaired) electrons. The van der Waals surface area contributed by atoms with Crippen molar-refractivity contribution in [2.75, 3.05) is 13.1 Å². The van der Waals surface area contributed by atoms with Gasteiger partial charge in [0.25, 0.3) is 0 Å².